The van der Waals surface area contributed by atoms with E-state index in [1.165, 1.54) is 0 Å². The molecule has 2 N–H and O–H groups in total. The summed E-state index contributed by atoms with van der Waals surface area (Å²) in [5.41, 5.74) is 7.55. The quantitative estimate of drug-likeness (QED) is 0.382. The molecule has 2 aromatic rings. The maximum absolute atomic E-state index is 5.71. The normalized spacial score (nSPS) is 10.7. The average Bonchev–Trinajstić information content (AvgIpc) is 2.60. The van der Waals surface area contributed by atoms with E-state index in [4.69, 9.17) is 5.73 Å². The van der Waals surface area contributed by atoms with E-state index in [0.717, 1.165) is 32.4 Å². The molecule has 78 valence electrons. The Bertz CT molecular complexity index is 476. The highest BCUT2D eigenvalue weighted by atomic mass is 32.2. The minimum Gasteiger partial charge on any atom is -0.399 e. The minimum atomic E-state index is 0.800. The van der Waals surface area contributed by atoms with Gasteiger partial charge in [0, 0.05) is 11.4 Å². The molecule has 0 bridgehead atoms. The van der Waals surface area contributed by atoms with E-state index in [2.05, 4.69) is 11.6 Å². The lowest BCUT2D eigenvalue weighted by Crippen LogP contribution is -1.81. The number of thiazole rings is 1. The van der Waals surface area contributed by atoms with Gasteiger partial charge in [0.15, 0.2) is 4.34 Å². The Morgan fingerprint density at radius 1 is 1.53 bits per heavy atom. The Morgan fingerprint density at radius 2 is 2.40 bits per heavy atom. The molecule has 0 saturated heterocycles. The van der Waals surface area contributed by atoms with Gasteiger partial charge in [0.05, 0.1) is 10.2 Å². The number of anilines is 1. The van der Waals surface area contributed by atoms with Gasteiger partial charge in [0.2, 0.25) is 0 Å². The summed E-state index contributed by atoms with van der Waals surface area (Å²) in [6.45, 7) is 3.70. The Labute approximate surface area is 97.2 Å². The summed E-state index contributed by atoms with van der Waals surface area (Å²) < 4.78 is 2.27. The third-order valence-corrected chi connectivity index (χ3v) is 4.13. The predicted octanol–water partition coefficient (Wildman–Crippen LogP) is 3.55. The van der Waals surface area contributed by atoms with Crippen LogP contribution in [0.25, 0.3) is 10.2 Å². The molecular formula is C11H12N2S2. The highest BCUT2D eigenvalue weighted by Gasteiger charge is 2.03. The van der Waals surface area contributed by atoms with Crippen LogP contribution in [0.5, 0.6) is 0 Å². The zero-order valence-electron chi connectivity index (χ0n) is 8.27. The topological polar surface area (TPSA) is 38.9 Å². The molecule has 15 heavy (non-hydrogen) atoms. The fourth-order valence-electron chi connectivity index (χ4n) is 1.21. The van der Waals surface area contributed by atoms with E-state index >= 15 is 0 Å². The Kier molecular flexibility index (Phi) is 3.28. The van der Waals surface area contributed by atoms with E-state index < -0.39 is 0 Å². The molecule has 4 heteroatoms. The average molecular weight is 236 g/mol. The first-order valence-electron chi connectivity index (χ1n) is 4.69. The summed E-state index contributed by atoms with van der Waals surface area (Å²) in [6, 6.07) is 5.84. The molecule has 0 fully saturated rings. The highest BCUT2D eigenvalue weighted by Crippen LogP contribution is 2.30. The Balaban J connectivity index is 2.19. The summed E-state index contributed by atoms with van der Waals surface area (Å²) >= 11 is 3.47. The molecule has 0 atom stereocenters. The van der Waals surface area contributed by atoms with Crippen molar-refractivity contribution in [3.63, 3.8) is 0 Å². The molecule has 0 amide bonds. The lowest BCUT2D eigenvalue weighted by Gasteiger charge is -1.90. The van der Waals surface area contributed by atoms with Crippen molar-refractivity contribution in [3.05, 3.63) is 30.9 Å². The van der Waals surface area contributed by atoms with Crippen molar-refractivity contribution < 1.29 is 0 Å². The Morgan fingerprint density at radius 3 is 3.20 bits per heavy atom. The molecule has 0 aliphatic rings. The third kappa shape index (κ3) is 2.52. The van der Waals surface area contributed by atoms with Crippen LogP contribution in [0.2, 0.25) is 0 Å². The number of hydrogen-bond acceptors (Lipinski definition) is 4. The summed E-state index contributed by atoms with van der Waals surface area (Å²) in [7, 11) is 0. The number of nitrogens with two attached hydrogens (primary N) is 1. The van der Waals surface area contributed by atoms with Crippen LogP contribution in [0.3, 0.4) is 0 Å². The summed E-state index contributed by atoms with van der Waals surface area (Å²) in [4.78, 5) is 4.52. The van der Waals surface area contributed by atoms with Crippen molar-refractivity contribution in [1.82, 2.24) is 4.98 Å². The molecule has 1 aromatic carbocycles. The van der Waals surface area contributed by atoms with Gasteiger partial charge in [-0.15, -0.1) is 17.9 Å². The van der Waals surface area contributed by atoms with Gasteiger partial charge in [-0.05, 0) is 24.6 Å². The molecular weight excluding hydrogens is 224 g/mol. The lowest BCUT2D eigenvalue weighted by molar-refractivity contribution is 1.23. The van der Waals surface area contributed by atoms with Crippen LogP contribution < -0.4 is 5.73 Å². The van der Waals surface area contributed by atoms with Crippen molar-refractivity contribution in [2.45, 2.75) is 10.8 Å². The second-order valence-corrected chi connectivity index (χ2v) is 5.51. The smallest absolute Gasteiger partial charge is 0.151 e. The number of fused-ring (bicyclic) bond motifs is 1. The van der Waals surface area contributed by atoms with Gasteiger partial charge in [-0.25, -0.2) is 4.98 Å². The number of rotatable bonds is 4. The molecule has 0 spiro atoms. The van der Waals surface area contributed by atoms with Crippen LogP contribution in [-0.2, 0) is 0 Å². The van der Waals surface area contributed by atoms with Crippen LogP contribution >= 0.6 is 23.1 Å². The molecule has 0 radical (unpaired) electrons. The van der Waals surface area contributed by atoms with E-state index in [-0.39, 0.29) is 0 Å². The summed E-state index contributed by atoms with van der Waals surface area (Å²) in [5.74, 6) is 1.04. The van der Waals surface area contributed by atoms with Gasteiger partial charge in [0.1, 0.15) is 0 Å². The molecule has 0 aliphatic carbocycles. The third-order valence-electron chi connectivity index (χ3n) is 1.94. The number of thioether (sulfide) groups is 1. The molecule has 0 unspecified atom stereocenters. The molecule has 0 saturated carbocycles. The van der Waals surface area contributed by atoms with E-state index in [0.29, 0.717) is 0 Å². The molecule has 2 nitrogen and oxygen atoms in total. The number of allylic oxidation sites excluding steroid dienone is 1. The predicted molar refractivity (Wildman–Crippen MR) is 69.6 cm³/mol. The Hall–Kier alpha value is -1.000. The molecule has 2 rings (SSSR count). The van der Waals surface area contributed by atoms with Crippen LogP contribution in [0.4, 0.5) is 5.69 Å². The van der Waals surface area contributed by atoms with Gasteiger partial charge in [-0.1, -0.05) is 17.8 Å². The van der Waals surface area contributed by atoms with Crippen LogP contribution in [0, 0.1) is 0 Å². The van der Waals surface area contributed by atoms with Gasteiger partial charge in [0.25, 0.3) is 0 Å². The second-order valence-electron chi connectivity index (χ2n) is 3.13. The zero-order chi connectivity index (χ0) is 10.7. The van der Waals surface area contributed by atoms with Crippen molar-refractivity contribution >= 4 is 39.0 Å². The first-order valence-corrected chi connectivity index (χ1v) is 6.49. The zero-order valence-corrected chi connectivity index (χ0v) is 9.90. The minimum absolute atomic E-state index is 0.800. The van der Waals surface area contributed by atoms with Crippen molar-refractivity contribution in [2.24, 2.45) is 0 Å². The molecule has 0 aliphatic heterocycles. The fraction of sp³-hybridized carbons (Fsp3) is 0.182. The van der Waals surface area contributed by atoms with Crippen molar-refractivity contribution in [1.29, 1.82) is 0 Å². The number of aromatic nitrogens is 1. The van der Waals surface area contributed by atoms with E-state index in [1.54, 1.807) is 23.1 Å². The first kappa shape index (κ1) is 10.5. The maximum Gasteiger partial charge on any atom is 0.151 e. The van der Waals surface area contributed by atoms with Gasteiger partial charge in [-0.3, -0.25) is 0 Å². The van der Waals surface area contributed by atoms with E-state index in [9.17, 15) is 0 Å². The van der Waals surface area contributed by atoms with Crippen LogP contribution in [-0.4, -0.2) is 10.7 Å². The molecule has 1 aromatic heterocycles. The summed E-state index contributed by atoms with van der Waals surface area (Å²) in [6.07, 6.45) is 2.95. The van der Waals surface area contributed by atoms with Gasteiger partial charge in [-0.2, -0.15) is 0 Å². The standard InChI is InChI=1S/C11H12N2S2/c1-2-3-6-14-11-13-9-5-4-8(12)7-10(9)15-11/h2,4-5,7H,1,3,6,12H2. The highest BCUT2D eigenvalue weighted by molar-refractivity contribution is 8.01. The maximum atomic E-state index is 5.71. The van der Waals surface area contributed by atoms with Crippen molar-refractivity contribution in [2.75, 3.05) is 11.5 Å². The number of nitrogens with zero attached hydrogens (tertiary/aromatic N) is 1. The lowest BCUT2D eigenvalue weighted by atomic mass is 10.3. The summed E-state index contributed by atoms with van der Waals surface area (Å²) in [5, 5.41) is 0. The number of nitrogen functional groups attached to an aromatic ring is 1. The van der Waals surface area contributed by atoms with Crippen LogP contribution in [0.1, 0.15) is 6.42 Å². The number of benzene rings is 1. The van der Waals surface area contributed by atoms with Crippen LogP contribution in [0.15, 0.2) is 35.2 Å². The monoisotopic (exact) mass is 236 g/mol. The molecule has 1 heterocycles. The first-order chi connectivity index (χ1) is 7.29. The number of hydrogen-bond donors (Lipinski definition) is 1. The van der Waals surface area contributed by atoms with Gasteiger partial charge >= 0.3 is 0 Å². The van der Waals surface area contributed by atoms with Crippen molar-refractivity contribution in [3.8, 4) is 0 Å². The SMILES string of the molecule is C=CCCSc1nc2ccc(N)cc2s1. The van der Waals surface area contributed by atoms with Gasteiger partial charge < -0.3 is 5.73 Å². The second kappa shape index (κ2) is 4.68. The fourth-order valence-corrected chi connectivity index (χ4v) is 3.33. The van der Waals surface area contributed by atoms with E-state index in [1.807, 2.05) is 24.3 Å². The largest absolute Gasteiger partial charge is 0.399 e.